The average molecular weight is 262 g/mol. The minimum atomic E-state index is -0.755. The van der Waals surface area contributed by atoms with Crippen LogP contribution in [0.25, 0.3) is 0 Å². The second kappa shape index (κ2) is 6.00. The second-order valence-corrected chi connectivity index (χ2v) is 5.68. The summed E-state index contributed by atoms with van der Waals surface area (Å²) in [5.41, 5.74) is 2.12. The van der Waals surface area contributed by atoms with E-state index in [1.165, 1.54) is 5.56 Å². The van der Waals surface area contributed by atoms with Crippen molar-refractivity contribution in [1.82, 2.24) is 0 Å². The molecule has 3 heteroatoms. The topological polar surface area (TPSA) is 43.4 Å². The minimum absolute atomic E-state index is 0.0763. The number of hydrogen-bond acceptors (Lipinski definition) is 3. The summed E-state index contributed by atoms with van der Waals surface area (Å²) in [5.74, 6) is -1.71. The molecule has 19 heavy (non-hydrogen) atoms. The molecule has 0 N–H and O–H groups in total. The Balaban J connectivity index is 2.86. The van der Waals surface area contributed by atoms with Crippen molar-refractivity contribution in [3.63, 3.8) is 0 Å². The predicted octanol–water partition coefficient (Wildman–Crippen LogP) is 3.22. The Morgan fingerprint density at radius 1 is 1.16 bits per heavy atom. The molecule has 3 nitrogen and oxygen atoms in total. The van der Waals surface area contributed by atoms with Gasteiger partial charge in [-0.3, -0.25) is 4.79 Å². The minimum Gasteiger partial charge on any atom is -0.460 e. The smallest absolute Gasteiger partial charge is 0.375 e. The molecule has 1 atom stereocenters. The number of ether oxygens (including phenoxy) is 1. The van der Waals surface area contributed by atoms with Gasteiger partial charge in [-0.05, 0) is 23.5 Å². The maximum atomic E-state index is 11.8. The van der Waals surface area contributed by atoms with Gasteiger partial charge in [0, 0.05) is 0 Å². The fraction of sp³-hybridized carbons (Fsp3) is 0.500. The molecule has 0 aliphatic rings. The van der Waals surface area contributed by atoms with Crippen LogP contribution in [0, 0.1) is 0 Å². The normalized spacial score (nSPS) is 12.9. The molecular weight excluding hydrogens is 240 g/mol. The third-order valence-electron chi connectivity index (χ3n) is 3.15. The highest BCUT2D eigenvalue weighted by Gasteiger charge is 2.24. The maximum absolute atomic E-state index is 11.8. The molecule has 0 radical (unpaired) electrons. The van der Waals surface area contributed by atoms with E-state index in [9.17, 15) is 9.59 Å². The van der Waals surface area contributed by atoms with E-state index in [2.05, 4.69) is 20.8 Å². The van der Waals surface area contributed by atoms with E-state index in [4.69, 9.17) is 4.74 Å². The SMILES string of the molecule is CCOC(=O)C(=O)C(C)c1ccc(C(C)(C)C)cc1. The number of Topliss-reactive ketones (excluding diaryl/α,β-unsaturated/α-hetero) is 1. The third kappa shape index (κ3) is 3.91. The van der Waals surface area contributed by atoms with Gasteiger partial charge in [0.15, 0.2) is 0 Å². The van der Waals surface area contributed by atoms with Crippen molar-refractivity contribution in [2.45, 2.75) is 46.0 Å². The predicted molar refractivity (Wildman–Crippen MR) is 75.2 cm³/mol. The molecule has 0 heterocycles. The molecule has 0 amide bonds. The molecule has 1 unspecified atom stereocenters. The van der Waals surface area contributed by atoms with Gasteiger partial charge in [-0.2, -0.15) is 0 Å². The summed E-state index contributed by atoms with van der Waals surface area (Å²) in [6.07, 6.45) is 0. The first-order chi connectivity index (χ1) is 8.77. The summed E-state index contributed by atoms with van der Waals surface area (Å²) in [4.78, 5) is 23.3. The molecule has 1 aromatic carbocycles. The Labute approximate surface area is 115 Å². The number of ketones is 1. The van der Waals surface area contributed by atoms with Crippen molar-refractivity contribution in [1.29, 1.82) is 0 Å². The van der Waals surface area contributed by atoms with Gasteiger partial charge in [-0.1, -0.05) is 52.0 Å². The molecule has 0 aromatic heterocycles. The van der Waals surface area contributed by atoms with E-state index in [-0.39, 0.29) is 12.0 Å². The molecule has 104 valence electrons. The number of carbonyl (C=O) groups is 2. The van der Waals surface area contributed by atoms with E-state index < -0.39 is 17.7 Å². The molecular formula is C16H22O3. The number of rotatable bonds is 4. The van der Waals surface area contributed by atoms with Gasteiger partial charge in [0.1, 0.15) is 0 Å². The highest BCUT2D eigenvalue weighted by Crippen LogP contribution is 2.25. The molecule has 0 saturated carbocycles. The van der Waals surface area contributed by atoms with Crippen molar-refractivity contribution in [3.05, 3.63) is 35.4 Å². The van der Waals surface area contributed by atoms with Crippen LogP contribution in [-0.2, 0) is 19.7 Å². The van der Waals surface area contributed by atoms with E-state index in [0.29, 0.717) is 0 Å². The van der Waals surface area contributed by atoms with Gasteiger partial charge < -0.3 is 4.74 Å². The van der Waals surface area contributed by atoms with E-state index >= 15 is 0 Å². The lowest BCUT2D eigenvalue weighted by Gasteiger charge is -2.20. The summed E-state index contributed by atoms with van der Waals surface area (Å²) < 4.78 is 4.74. The number of esters is 1. The first-order valence-electron chi connectivity index (χ1n) is 6.58. The largest absolute Gasteiger partial charge is 0.460 e. The molecule has 0 fully saturated rings. The number of benzene rings is 1. The third-order valence-corrected chi connectivity index (χ3v) is 3.15. The first-order valence-corrected chi connectivity index (χ1v) is 6.58. The van der Waals surface area contributed by atoms with Crippen LogP contribution < -0.4 is 0 Å². The van der Waals surface area contributed by atoms with Crippen LogP contribution in [0.1, 0.15) is 51.7 Å². The fourth-order valence-electron chi connectivity index (χ4n) is 1.80. The molecule has 0 aliphatic heterocycles. The average Bonchev–Trinajstić information content (AvgIpc) is 2.36. The Morgan fingerprint density at radius 2 is 1.68 bits per heavy atom. The van der Waals surface area contributed by atoms with Crippen LogP contribution in [0.15, 0.2) is 24.3 Å². The molecule has 1 rings (SSSR count). The lowest BCUT2D eigenvalue weighted by molar-refractivity contribution is -0.154. The molecule has 0 spiro atoms. The maximum Gasteiger partial charge on any atom is 0.375 e. The van der Waals surface area contributed by atoms with Crippen molar-refractivity contribution < 1.29 is 14.3 Å². The van der Waals surface area contributed by atoms with Crippen molar-refractivity contribution in [2.24, 2.45) is 0 Å². The van der Waals surface area contributed by atoms with Crippen LogP contribution >= 0.6 is 0 Å². The Bertz CT molecular complexity index is 452. The van der Waals surface area contributed by atoms with Crippen molar-refractivity contribution >= 4 is 11.8 Å². The monoisotopic (exact) mass is 262 g/mol. The highest BCUT2D eigenvalue weighted by atomic mass is 16.5. The number of hydrogen-bond donors (Lipinski definition) is 0. The molecule has 0 aliphatic carbocycles. The summed E-state index contributed by atoms with van der Waals surface area (Å²) in [5, 5.41) is 0. The van der Waals surface area contributed by atoms with Crippen LogP contribution in [0.2, 0.25) is 0 Å². The zero-order chi connectivity index (χ0) is 14.6. The summed E-state index contributed by atoms with van der Waals surface area (Å²) >= 11 is 0. The van der Waals surface area contributed by atoms with E-state index in [1.807, 2.05) is 24.3 Å². The Morgan fingerprint density at radius 3 is 2.11 bits per heavy atom. The number of carbonyl (C=O) groups excluding carboxylic acids is 2. The zero-order valence-electron chi connectivity index (χ0n) is 12.3. The summed E-state index contributed by atoms with van der Waals surface area (Å²) in [7, 11) is 0. The van der Waals surface area contributed by atoms with Crippen LogP contribution in [-0.4, -0.2) is 18.4 Å². The van der Waals surface area contributed by atoms with Gasteiger partial charge >= 0.3 is 5.97 Å². The van der Waals surface area contributed by atoms with E-state index in [1.54, 1.807) is 13.8 Å². The summed E-state index contributed by atoms with van der Waals surface area (Å²) in [6, 6.07) is 7.82. The first kappa shape index (κ1) is 15.4. The van der Waals surface area contributed by atoms with Crippen LogP contribution in [0.3, 0.4) is 0 Å². The van der Waals surface area contributed by atoms with Gasteiger partial charge in [0.25, 0.3) is 0 Å². The van der Waals surface area contributed by atoms with Crippen LogP contribution in [0.5, 0.6) is 0 Å². The van der Waals surface area contributed by atoms with Gasteiger partial charge in [0.05, 0.1) is 12.5 Å². The zero-order valence-corrected chi connectivity index (χ0v) is 12.3. The summed E-state index contributed by atoms with van der Waals surface area (Å²) in [6.45, 7) is 10.0. The highest BCUT2D eigenvalue weighted by molar-refractivity contribution is 6.35. The lowest BCUT2D eigenvalue weighted by atomic mass is 9.85. The molecule has 1 aromatic rings. The second-order valence-electron chi connectivity index (χ2n) is 5.68. The fourth-order valence-corrected chi connectivity index (χ4v) is 1.80. The Hall–Kier alpha value is -1.64. The van der Waals surface area contributed by atoms with Gasteiger partial charge in [-0.25, -0.2) is 4.79 Å². The van der Waals surface area contributed by atoms with E-state index in [0.717, 1.165) is 5.56 Å². The lowest BCUT2D eigenvalue weighted by Crippen LogP contribution is -2.23. The van der Waals surface area contributed by atoms with Crippen molar-refractivity contribution in [3.8, 4) is 0 Å². The Kier molecular flexibility index (Phi) is 4.87. The standard InChI is InChI=1S/C16H22O3/c1-6-19-15(18)14(17)11(2)12-7-9-13(10-8-12)16(3,4)5/h7-11H,6H2,1-5H3. The molecule has 0 saturated heterocycles. The quantitative estimate of drug-likeness (QED) is 0.618. The molecule has 0 bridgehead atoms. The van der Waals surface area contributed by atoms with Gasteiger partial charge in [-0.15, -0.1) is 0 Å². The van der Waals surface area contributed by atoms with Crippen LogP contribution in [0.4, 0.5) is 0 Å². The van der Waals surface area contributed by atoms with Gasteiger partial charge in [0.2, 0.25) is 5.78 Å². The van der Waals surface area contributed by atoms with Crippen molar-refractivity contribution in [2.75, 3.05) is 6.61 Å².